The van der Waals surface area contributed by atoms with Crippen LogP contribution in [0.2, 0.25) is 0 Å². The van der Waals surface area contributed by atoms with Gasteiger partial charge in [0, 0.05) is 10.7 Å². The average Bonchev–Trinajstić information content (AvgIpc) is 2.13. The molecule has 2 N–H and O–H groups in total. The van der Waals surface area contributed by atoms with Crippen molar-refractivity contribution in [1.82, 2.24) is 0 Å². The average molecular weight is 258 g/mol. The molecule has 15 heavy (non-hydrogen) atoms. The molecule has 7 heteroatoms. The highest BCUT2D eigenvalue weighted by Gasteiger charge is 2.17. The summed E-state index contributed by atoms with van der Waals surface area (Å²) >= 11 is 0. The van der Waals surface area contributed by atoms with E-state index in [1.54, 1.807) is 0 Å². The van der Waals surface area contributed by atoms with Crippen molar-refractivity contribution < 1.29 is 17.9 Å². The fourth-order valence-corrected chi connectivity index (χ4v) is 1.61. The predicted molar refractivity (Wildman–Crippen MR) is 58.1 cm³/mol. The fourth-order valence-electron chi connectivity index (χ4n) is 0.810. The molecule has 0 aliphatic heterocycles. The first kappa shape index (κ1) is 14.7. The summed E-state index contributed by atoms with van der Waals surface area (Å²) in [6.07, 6.45) is 1.67. The number of esters is 1. The molecule has 1 atom stereocenters. The van der Waals surface area contributed by atoms with Gasteiger partial charge in [0.05, 0.1) is 12.4 Å². The molecular weight excluding hydrogens is 242 g/mol. The molecule has 90 valence electrons. The van der Waals surface area contributed by atoms with Gasteiger partial charge >= 0.3 is 5.97 Å². The fraction of sp³-hybridized carbons (Fsp3) is 0.875. The van der Waals surface area contributed by atoms with Gasteiger partial charge in [0.25, 0.3) is 0 Å². The van der Waals surface area contributed by atoms with Crippen molar-refractivity contribution in [2.75, 3.05) is 12.4 Å². The molecule has 0 saturated heterocycles. The van der Waals surface area contributed by atoms with Crippen LogP contribution in [0.15, 0.2) is 0 Å². The first-order valence-electron chi connectivity index (χ1n) is 4.71. The smallest absolute Gasteiger partial charge is 0.322 e. The van der Waals surface area contributed by atoms with Gasteiger partial charge in [-0.3, -0.25) is 4.79 Å². The Bertz CT molecular complexity index is 291. The number of unbranched alkanes of at least 4 members (excludes halogenated alkanes) is 1. The van der Waals surface area contributed by atoms with Gasteiger partial charge in [0.2, 0.25) is 9.05 Å². The molecule has 0 aliphatic rings. The predicted octanol–water partition coefficient (Wildman–Crippen LogP) is 0.616. The Morgan fingerprint density at radius 1 is 1.53 bits per heavy atom. The van der Waals surface area contributed by atoms with Crippen LogP contribution in [0, 0.1) is 0 Å². The molecule has 0 aromatic heterocycles. The highest BCUT2D eigenvalue weighted by molar-refractivity contribution is 8.13. The molecule has 5 nitrogen and oxygen atoms in total. The van der Waals surface area contributed by atoms with Crippen LogP contribution in [-0.2, 0) is 18.6 Å². The third kappa shape index (κ3) is 8.65. The molecule has 0 heterocycles. The Hall–Kier alpha value is -0.330. The maximum absolute atomic E-state index is 11.1. The van der Waals surface area contributed by atoms with Gasteiger partial charge in [-0.15, -0.1) is 0 Å². The highest BCUT2D eigenvalue weighted by atomic mass is 35.7. The molecule has 0 radical (unpaired) electrons. The first-order valence-corrected chi connectivity index (χ1v) is 7.19. The highest BCUT2D eigenvalue weighted by Crippen LogP contribution is 2.02. The van der Waals surface area contributed by atoms with E-state index in [0.717, 1.165) is 12.8 Å². The zero-order chi connectivity index (χ0) is 11.9. The van der Waals surface area contributed by atoms with Gasteiger partial charge < -0.3 is 10.5 Å². The van der Waals surface area contributed by atoms with Crippen LogP contribution in [0.4, 0.5) is 0 Å². The minimum atomic E-state index is -3.59. The number of nitrogens with two attached hydrogens (primary N) is 1. The van der Waals surface area contributed by atoms with Crippen molar-refractivity contribution in [3.8, 4) is 0 Å². The summed E-state index contributed by atoms with van der Waals surface area (Å²) in [6, 6.07) is -0.921. The van der Waals surface area contributed by atoms with Gasteiger partial charge in [0.1, 0.15) is 6.04 Å². The Morgan fingerprint density at radius 2 is 2.13 bits per heavy atom. The van der Waals surface area contributed by atoms with Crippen LogP contribution in [0.1, 0.15) is 26.2 Å². The second-order valence-corrected chi connectivity index (χ2v) is 6.06. The SMILES string of the molecule is CCCCOC(=O)C(N)CCS(=O)(=O)Cl. The second kappa shape index (κ2) is 7.03. The lowest BCUT2D eigenvalue weighted by Crippen LogP contribution is -2.34. The Morgan fingerprint density at radius 3 is 2.60 bits per heavy atom. The number of ether oxygens (including phenoxy) is 1. The number of carbonyl (C=O) groups excluding carboxylic acids is 1. The molecule has 0 fully saturated rings. The lowest BCUT2D eigenvalue weighted by molar-refractivity contribution is -0.145. The van der Waals surface area contributed by atoms with E-state index in [2.05, 4.69) is 0 Å². The first-order chi connectivity index (χ1) is 6.87. The maximum Gasteiger partial charge on any atom is 0.322 e. The Balaban J connectivity index is 3.79. The van der Waals surface area contributed by atoms with E-state index in [-0.39, 0.29) is 12.2 Å². The summed E-state index contributed by atoms with van der Waals surface area (Å²) in [7, 11) is 1.38. The maximum atomic E-state index is 11.1. The number of carbonyl (C=O) groups is 1. The van der Waals surface area contributed by atoms with Crippen LogP contribution in [0.3, 0.4) is 0 Å². The molecule has 0 aromatic rings. The van der Waals surface area contributed by atoms with E-state index in [4.69, 9.17) is 21.2 Å². The minimum Gasteiger partial charge on any atom is -0.465 e. The van der Waals surface area contributed by atoms with Crippen molar-refractivity contribution in [2.24, 2.45) is 5.73 Å². The lowest BCUT2D eigenvalue weighted by atomic mass is 10.2. The van der Waals surface area contributed by atoms with E-state index in [1.807, 2.05) is 6.92 Å². The number of rotatable bonds is 7. The standard InChI is InChI=1S/C8H16ClNO4S/c1-2-3-5-14-8(11)7(10)4-6-15(9,12)13/h7H,2-6,10H2,1H3. The molecule has 0 rings (SSSR count). The summed E-state index contributed by atoms with van der Waals surface area (Å²) in [4.78, 5) is 11.1. The van der Waals surface area contributed by atoms with Gasteiger partial charge in [0.15, 0.2) is 0 Å². The number of hydrogen-bond acceptors (Lipinski definition) is 5. The zero-order valence-electron chi connectivity index (χ0n) is 8.61. The summed E-state index contributed by atoms with van der Waals surface area (Å²) in [6.45, 7) is 2.28. The van der Waals surface area contributed by atoms with Gasteiger partial charge in [-0.25, -0.2) is 8.42 Å². The summed E-state index contributed by atoms with van der Waals surface area (Å²) in [5.41, 5.74) is 5.41. The molecule has 0 saturated carbocycles. The van der Waals surface area contributed by atoms with Crippen molar-refractivity contribution >= 4 is 25.7 Å². The third-order valence-electron chi connectivity index (χ3n) is 1.72. The molecule has 1 unspecified atom stereocenters. The van der Waals surface area contributed by atoms with E-state index >= 15 is 0 Å². The minimum absolute atomic E-state index is 0.0171. The van der Waals surface area contributed by atoms with Crippen molar-refractivity contribution in [3.63, 3.8) is 0 Å². The Kier molecular flexibility index (Phi) is 6.87. The monoisotopic (exact) mass is 257 g/mol. The summed E-state index contributed by atoms with van der Waals surface area (Å²) < 4.78 is 26.0. The zero-order valence-corrected chi connectivity index (χ0v) is 10.2. The number of halogens is 1. The molecule has 0 amide bonds. The van der Waals surface area contributed by atoms with Crippen molar-refractivity contribution in [2.45, 2.75) is 32.2 Å². The molecule has 0 bridgehead atoms. The van der Waals surface area contributed by atoms with E-state index in [9.17, 15) is 13.2 Å². The quantitative estimate of drug-likeness (QED) is 0.410. The van der Waals surface area contributed by atoms with Crippen LogP contribution in [-0.4, -0.2) is 32.8 Å². The Labute approximate surface area is 94.3 Å². The van der Waals surface area contributed by atoms with Crippen LogP contribution in [0.25, 0.3) is 0 Å². The summed E-state index contributed by atoms with van der Waals surface area (Å²) in [5, 5.41) is 0. The summed E-state index contributed by atoms with van der Waals surface area (Å²) in [5.74, 6) is -0.901. The van der Waals surface area contributed by atoms with Crippen LogP contribution < -0.4 is 5.73 Å². The van der Waals surface area contributed by atoms with Crippen LogP contribution in [0.5, 0.6) is 0 Å². The van der Waals surface area contributed by atoms with E-state index in [1.165, 1.54) is 0 Å². The lowest BCUT2D eigenvalue weighted by Gasteiger charge is -2.09. The topological polar surface area (TPSA) is 86.5 Å². The molecular formula is C8H16ClNO4S. The van der Waals surface area contributed by atoms with Crippen molar-refractivity contribution in [1.29, 1.82) is 0 Å². The van der Waals surface area contributed by atoms with E-state index < -0.39 is 21.1 Å². The number of hydrogen-bond donors (Lipinski definition) is 1. The third-order valence-corrected chi connectivity index (χ3v) is 2.90. The second-order valence-electron chi connectivity index (χ2n) is 3.16. The van der Waals surface area contributed by atoms with E-state index in [0.29, 0.717) is 6.61 Å². The van der Waals surface area contributed by atoms with Crippen molar-refractivity contribution in [3.05, 3.63) is 0 Å². The largest absolute Gasteiger partial charge is 0.465 e. The molecule has 0 spiro atoms. The molecule has 0 aromatic carbocycles. The van der Waals surface area contributed by atoms with Gasteiger partial charge in [-0.1, -0.05) is 13.3 Å². The normalized spacial score (nSPS) is 13.5. The van der Waals surface area contributed by atoms with Gasteiger partial charge in [-0.05, 0) is 12.8 Å². The molecule has 0 aliphatic carbocycles. The van der Waals surface area contributed by atoms with Gasteiger partial charge in [-0.2, -0.15) is 0 Å². The van der Waals surface area contributed by atoms with Crippen LogP contribution >= 0.6 is 10.7 Å².